The highest BCUT2D eigenvalue weighted by molar-refractivity contribution is 5.95. The summed E-state index contributed by atoms with van der Waals surface area (Å²) in [5.74, 6) is -0.388. The van der Waals surface area contributed by atoms with Gasteiger partial charge in [0, 0.05) is 12.5 Å². The molecule has 0 saturated carbocycles. The smallest absolute Gasteiger partial charge is 0.252 e. The van der Waals surface area contributed by atoms with E-state index in [-0.39, 0.29) is 5.56 Å². The van der Waals surface area contributed by atoms with Crippen LogP contribution in [0.3, 0.4) is 0 Å². The fourth-order valence-corrected chi connectivity index (χ4v) is 2.09. The van der Waals surface area contributed by atoms with Crippen LogP contribution in [0.15, 0.2) is 18.2 Å². The molecule has 4 nitrogen and oxygen atoms in total. The molecule has 0 radical (unpaired) electrons. The molecule has 0 aromatic heterocycles. The molecule has 1 aliphatic rings. The second kappa shape index (κ2) is 5.82. The highest BCUT2D eigenvalue weighted by Crippen LogP contribution is 2.21. The van der Waals surface area contributed by atoms with Crippen LogP contribution in [0.4, 0.5) is 4.39 Å². The number of carbonyl (C=O) groups is 1. The molecule has 1 aromatic carbocycles. The van der Waals surface area contributed by atoms with Crippen LogP contribution in [-0.2, 0) is 0 Å². The predicted molar refractivity (Wildman–Crippen MR) is 66.0 cm³/mol. The number of nitrogens with one attached hydrogen (secondary N) is 1. The Balaban J connectivity index is 2.01. The zero-order valence-electron chi connectivity index (χ0n) is 10.1. The second-order valence-corrected chi connectivity index (χ2v) is 4.53. The first-order chi connectivity index (χ1) is 8.66. The van der Waals surface area contributed by atoms with E-state index in [1.807, 2.05) is 0 Å². The van der Waals surface area contributed by atoms with Crippen molar-refractivity contribution in [3.63, 3.8) is 0 Å². The van der Waals surface area contributed by atoms with Gasteiger partial charge in [0.15, 0.2) is 0 Å². The highest BCUT2D eigenvalue weighted by Gasteiger charge is 2.16. The Labute approximate surface area is 105 Å². The molecule has 0 aliphatic carbocycles. The van der Waals surface area contributed by atoms with E-state index in [0.29, 0.717) is 18.3 Å². The van der Waals surface area contributed by atoms with Gasteiger partial charge in [-0.2, -0.15) is 0 Å². The van der Waals surface area contributed by atoms with Crippen LogP contribution in [0.2, 0.25) is 0 Å². The summed E-state index contributed by atoms with van der Waals surface area (Å²) in [5, 5.41) is 3.29. The minimum absolute atomic E-state index is 0.0961. The average molecular weight is 252 g/mol. The van der Waals surface area contributed by atoms with E-state index in [1.54, 1.807) is 0 Å². The average Bonchev–Trinajstić information content (AvgIpc) is 2.38. The maximum Gasteiger partial charge on any atom is 0.252 e. The maximum atomic E-state index is 13.0. The largest absolute Gasteiger partial charge is 0.492 e. The third-order valence-electron chi connectivity index (χ3n) is 3.08. The molecule has 18 heavy (non-hydrogen) atoms. The van der Waals surface area contributed by atoms with Crippen molar-refractivity contribution in [1.82, 2.24) is 5.32 Å². The normalized spacial score (nSPS) is 19.5. The molecule has 1 atom stereocenters. The van der Waals surface area contributed by atoms with E-state index in [9.17, 15) is 9.18 Å². The van der Waals surface area contributed by atoms with Gasteiger partial charge in [-0.1, -0.05) is 0 Å². The van der Waals surface area contributed by atoms with Gasteiger partial charge in [0.1, 0.15) is 11.6 Å². The molecule has 0 bridgehead atoms. The van der Waals surface area contributed by atoms with Crippen molar-refractivity contribution < 1.29 is 13.9 Å². The van der Waals surface area contributed by atoms with Gasteiger partial charge in [-0.15, -0.1) is 0 Å². The Morgan fingerprint density at radius 1 is 1.56 bits per heavy atom. The number of amides is 1. The number of carbonyl (C=O) groups excluding carboxylic acids is 1. The monoisotopic (exact) mass is 252 g/mol. The van der Waals surface area contributed by atoms with E-state index in [1.165, 1.54) is 12.1 Å². The SMILES string of the molecule is NC(=O)c1cc(F)ccc1OC[C@H]1CCCNC1. The molecule has 0 spiro atoms. The van der Waals surface area contributed by atoms with Crippen molar-refractivity contribution in [2.45, 2.75) is 12.8 Å². The van der Waals surface area contributed by atoms with Gasteiger partial charge in [0.2, 0.25) is 0 Å². The van der Waals surface area contributed by atoms with E-state index in [0.717, 1.165) is 32.0 Å². The number of hydrogen-bond donors (Lipinski definition) is 2. The number of piperidine rings is 1. The molecule has 2 rings (SSSR count). The topological polar surface area (TPSA) is 64.4 Å². The number of primary amides is 1. The molecule has 0 unspecified atom stereocenters. The van der Waals surface area contributed by atoms with E-state index >= 15 is 0 Å². The van der Waals surface area contributed by atoms with E-state index in [4.69, 9.17) is 10.5 Å². The van der Waals surface area contributed by atoms with Gasteiger partial charge in [0.25, 0.3) is 5.91 Å². The third kappa shape index (κ3) is 3.20. The van der Waals surface area contributed by atoms with Crippen LogP contribution in [-0.4, -0.2) is 25.6 Å². The van der Waals surface area contributed by atoms with Gasteiger partial charge in [-0.3, -0.25) is 4.79 Å². The van der Waals surface area contributed by atoms with Crippen LogP contribution < -0.4 is 15.8 Å². The van der Waals surface area contributed by atoms with E-state index < -0.39 is 11.7 Å². The number of nitrogens with two attached hydrogens (primary N) is 1. The first-order valence-electron chi connectivity index (χ1n) is 6.09. The Bertz CT molecular complexity index is 431. The van der Waals surface area contributed by atoms with E-state index in [2.05, 4.69) is 5.32 Å². The van der Waals surface area contributed by atoms with Crippen LogP contribution in [0.1, 0.15) is 23.2 Å². The first-order valence-corrected chi connectivity index (χ1v) is 6.09. The standard InChI is InChI=1S/C13H17FN2O2/c14-10-3-4-12(11(6-10)13(15)17)18-8-9-2-1-5-16-7-9/h3-4,6,9,16H,1-2,5,7-8H2,(H2,15,17)/t9-/m0/s1. The molecule has 98 valence electrons. The summed E-state index contributed by atoms with van der Waals surface area (Å²) in [6.45, 7) is 2.46. The number of ether oxygens (including phenoxy) is 1. The van der Waals surface area contributed by atoms with Crippen LogP contribution >= 0.6 is 0 Å². The number of hydrogen-bond acceptors (Lipinski definition) is 3. The molecule has 1 amide bonds. The predicted octanol–water partition coefficient (Wildman–Crippen LogP) is 1.30. The minimum Gasteiger partial charge on any atom is -0.492 e. The molecule has 3 N–H and O–H groups in total. The van der Waals surface area contributed by atoms with Crippen molar-refractivity contribution in [3.8, 4) is 5.75 Å². The van der Waals surface area contributed by atoms with Gasteiger partial charge in [-0.05, 0) is 37.6 Å². The van der Waals surface area contributed by atoms with Crippen molar-refractivity contribution in [2.24, 2.45) is 11.7 Å². The molecule has 5 heteroatoms. The number of rotatable bonds is 4. The highest BCUT2D eigenvalue weighted by atomic mass is 19.1. The fourth-order valence-electron chi connectivity index (χ4n) is 2.09. The summed E-state index contributed by atoms with van der Waals surface area (Å²) in [6.07, 6.45) is 2.22. The van der Waals surface area contributed by atoms with Crippen molar-refractivity contribution in [3.05, 3.63) is 29.6 Å². The Kier molecular flexibility index (Phi) is 4.15. The summed E-state index contributed by atoms with van der Waals surface area (Å²) in [4.78, 5) is 11.2. The zero-order valence-corrected chi connectivity index (χ0v) is 10.1. The quantitative estimate of drug-likeness (QED) is 0.849. The summed E-state index contributed by atoms with van der Waals surface area (Å²) in [7, 11) is 0. The molecule has 1 aromatic rings. The Morgan fingerprint density at radius 2 is 2.39 bits per heavy atom. The van der Waals surface area contributed by atoms with Gasteiger partial charge in [-0.25, -0.2) is 4.39 Å². The van der Waals surface area contributed by atoms with Crippen molar-refractivity contribution in [1.29, 1.82) is 0 Å². The maximum absolute atomic E-state index is 13.0. The molecule has 1 saturated heterocycles. The van der Waals surface area contributed by atoms with Gasteiger partial charge in [0.05, 0.1) is 12.2 Å². The summed E-state index contributed by atoms with van der Waals surface area (Å²) >= 11 is 0. The lowest BCUT2D eigenvalue weighted by atomic mass is 10.0. The fraction of sp³-hybridized carbons (Fsp3) is 0.462. The van der Waals surface area contributed by atoms with Crippen LogP contribution in [0, 0.1) is 11.7 Å². The molecular weight excluding hydrogens is 235 g/mol. The lowest BCUT2D eigenvalue weighted by Gasteiger charge is -2.23. The zero-order chi connectivity index (χ0) is 13.0. The van der Waals surface area contributed by atoms with Crippen molar-refractivity contribution in [2.75, 3.05) is 19.7 Å². The molecule has 1 aliphatic heterocycles. The first kappa shape index (κ1) is 12.8. The van der Waals surface area contributed by atoms with Gasteiger partial charge < -0.3 is 15.8 Å². The number of benzene rings is 1. The Hall–Kier alpha value is -1.62. The second-order valence-electron chi connectivity index (χ2n) is 4.53. The molecular formula is C13H17FN2O2. The van der Waals surface area contributed by atoms with Gasteiger partial charge >= 0.3 is 0 Å². The number of halogens is 1. The minimum atomic E-state index is -0.675. The summed E-state index contributed by atoms with van der Waals surface area (Å²) in [5.41, 5.74) is 5.29. The summed E-state index contributed by atoms with van der Waals surface area (Å²) < 4.78 is 18.6. The molecule has 1 heterocycles. The van der Waals surface area contributed by atoms with Crippen molar-refractivity contribution >= 4 is 5.91 Å². The third-order valence-corrected chi connectivity index (χ3v) is 3.08. The lowest BCUT2D eigenvalue weighted by molar-refractivity contribution is 0.0994. The Morgan fingerprint density at radius 3 is 3.06 bits per heavy atom. The summed E-state index contributed by atoms with van der Waals surface area (Å²) in [6, 6.07) is 3.82. The molecule has 1 fully saturated rings. The lowest BCUT2D eigenvalue weighted by Crippen LogP contribution is -2.33. The van der Waals surface area contributed by atoms with Crippen LogP contribution in [0.5, 0.6) is 5.75 Å². The van der Waals surface area contributed by atoms with Crippen LogP contribution in [0.25, 0.3) is 0 Å².